The van der Waals surface area contributed by atoms with E-state index in [1.807, 2.05) is 0 Å². The van der Waals surface area contributed by atoms with Gasteiger partial charge in [-0.05, 0) is 18.2 Å². The molecule has 0 atom stereocenters. The summed E-state index contributed by atoms with van der Waals surface area (Å²) in [5, 5.41) is 0. The molecule has 0 fully saturated rings. The molecule has 0 bridgehead atoms. The summed E-state index contributed by atoms with van der Waals surface area (Å²) in [5.74, 6) is 0. The van der Waals surface area contributed by atoms with Crippen LogP contribution in [0.1, 0.15) is 5.56 Å². The van der Waals surface area contributed by atoms with E-state index in [4.69, 9.17) is 0 Å². The van der Waals surface area contributed by atoms with Crippen LogP contribution in [0.25, 0.3) is 20.7 Å². The molecular weight excluding hydrogens is 285 g/mol. The number of nitrogens with zero attached hydrogens (tertiary/aromatic N) is 2. The van der Waals surface area contributed by atoms with Gasteiger partial charge in [0.05, 0.1) is 16.6 Å². The first kappa shape index (κ1) is 11.5. The lowest BCUT2D eigenvalue weighted by molar-refractivity contribution is -0.137. The van der Waals surface area contributed by atoms with Gasteiger partial charge in [-0.2, -0.15) is 13.2 Å². The van der Waals surface area contributed by atoms with Crippen LogP contribution < -0.4 is 4.06 Å². The van der Waals surface area contributed by atoms with Crippen LogP contribution in [0.3, 0.4) is 0 Å². The molecule has 3 aromatic rings. The van der Waals surface area contributed by atoms with Crippen molar-refractivity contribution >= 4 is 43.4 Å². The summed E-state index contributed by atoms with van der Waals surface area (Å²) in [6.45, 7) is 0. The molecule has 0 radical (unpaired) electrons. The molecule has 0 aliphatic heterocycles. The standard InChI is InChI=1S/C10H3F3N2OS2/c11-10(12,13)4-1-2-5-6(3-4)15-8-7(14-5)17-9(16)18-8/h1-3H. The van der Waals surface area contributed by atoms with E-state index in [-0.39, 0.29) is 9.57 Å². The van der Waals surface area contributed by atoms with E-state index in [2.05, 4.69) is 9.97 Å². The highest BCUT2D eigenvalue weighted by atomic mass is 32.2. The van der Waals surface area contributed by atoms with Crippen LogP contribution in [0.5, 0.6) is 0 Å². The molecule has 8 heteroatoms. The molecule has 0 amide bonds. The van der Waals surface area contributed by atoms with Crippen LogP contribution >= 0.6 is 22.7 Å². The van der Waals surface area contributed by atoms with Gasteiger partial charge in [0.15, 0.2) is 9.66 Å². The Bertz CT molecular complexity index is 806. The minimum absolute atomic E-state index is 0.145. The molecule has 0 N–H and O–H groups in total. The zero-order chi connectivity index (χ0) is 12.9. The van der Waals surface area contributed by atoms with Crippen LogP contribution in [0.15, 0.2) is 23.0 Å². The molecule has 2 aromatic heterocycles. The van der Waals surface area contributed by atoms with Gasteiger partial charge in [-0.15, -0.1) is 0 Å². The van der Waals surface area contributed by atoms with Crippen molar-refractivity contribution < 1.29 is 13.2 Å². The Morgan fingerprint density at radius 3 is 2.22 bits per heavy atom. The van der Waals surface area contributed by atoms with Gasteiger partial charge in [-0.1, -0.05) is 22.7 Å². The first-order chi connectivity index (χ1) is 8.43. The maximum Gasteiger partial charge on any atom is 0.416 e. The van der Waals surface area contributed by atoms with Gasteiger partial charge in [0.1, 0.15) is 0 Å². The fourth-order valence-electron chi connectivity index (χ4n) is 1.51. The molecule has 0 saturated heterocycles. The minimum atomic E-state index is -4.41. The number of hydrogen-bond acceptors (Lipinski definition) is 5. The molecule has 0 aliphatic carbocycles. The molecule has 18 heavy (non-hydrogen) atoms. The molecule has 0 saturated carbocycles. The van der Waals surface area contributed by atoms with E-state index < -0.39 is 11.7 Å². The van der Waals surface area contributed by atoms with Gasteiger partial charge < -0.3 is 0 Å². The summed E-state index contributed by atoms with van der Waals surface area (Å²) >= 11 is 1.83. The van der Waals surface area contributed by atoms with E-state index in [1.165, 1.54) is 6.07 Å². The quantitative estimate of drug-likeness (QED) is 0.637. The second kappa shape index (κ2) is 3.72. The average molecular weight is 288 g/mol. The topological polar surface area (TPSA) is 42.9 Å². The Morgan fingerprint density at radius 1 is 1.00 bits per heavy atom. The third-order valence-electron chi connectivity index (χ3n) is 2.29. The highest BCUT2D eigenvalue weighted by Crippen LogP contribution is 2.31. The minimum Gasteiger partial charge on any atom is -0.265 e. The third kappa shape index (κ3) is 1.87. The summed E-state index contributed by atoms with van der Waals surface area (Å²) in [6.07, 6.45) is -4.41. The lowest BCUT2D eigenvalue weighted by atomic mass is 10.2. The van der Waals surface area contributed by atoms with Gasteiger partial charge in [0, 0.05) is 0 Å². The smallest absolute Gasteiger partial charge is 0.265 e. The van der Waals surface area contributed by atoms with Gasteiger partial charge in [0.2, 0.25) is 0 Å². The number of alkyl halides is 3. The van der Waals surface area contributed by atoms with Crippen molar-refractivity contribution in [3.8, 4) is 0 Å². The Labute approximate surface area is 106 Å². The molecule has 2 heterocycles. The summed E-state index contributed by atoms with van der Waals surface area (Å²) in [5.41, 5.74) is -0.276. The van der Waals surface area contributed by atoms with Crippen LogP contribution in [-0.2, 0) is 6.18 Å². The summed E-state index contributed by atoms with van der Waals surface area (Å²) in [7, 11) is 0. The number of fused-ring (bicyclic) bond motifs is 2. The van der Waals surface area contributed by atoms with Crippen molar-refractivity contribution in [1.82, 2.24) is 9.97 Å². The number of rotatable bonds is 0. The molecule has 3 nitrogen and oxygen atoms in total. The van der Waals surface area contributed by atoms with E-state index in [9.17, 15) is 18.0 Å². The molecule has 0 spiro atoms. The maximum absolute atomic E-state index is 12.5. The lowest BCUT2D eigenvalue weighted by Gasteiger charge is -2.06. The van der Waals surface area contributed by atoms with E-state index in [0.717, 1.165) is 34.8 Å². The first-order valence-corrected chi connectivity index (χ1v) is 6.35. The number of hydrogen-bond donors (Lipinski definition) is 0. The van der Waals surface area contributed by atoms with Gasteiger partial charge in [-0.3, -0.25) is 4.79 Å². The lowest BCUT2D eigenvalue weighted by Crippen LogP contribution is -2.04. The zero-order valence-electron chi connectivity index (χ0n) is 8.49. The molecule has 0 unspecified atom stereocenters. The summed E-state index contributed by atoms with van der Waals surface area (Å²) in [6, 6.07) is 3.16. The SMILES string of the molecule is O=c1sc2nc3ccc(C(F)(F)F)cc3nc2s1. The van der Waals surface area contributed by atoms with Crippen molar-refractivity contribution in [3.05, 3.63) is 32.6 Å². The highest BCUT2D eigenvalue weighted by Gasteiger charge is 2.30. The first-order valence-electron chi connectivity index (χ1n) is 4.72. The van der Waals surface area contributed by atoms with E-state index in [1.54, 1.807) is 0 Å². The van der Waals surface area contributed by atoms with E-state index >= 15 is 0 Å². The summed E-state index contributed by atoms with van der Waals surface area (Å²) < 4.78 is 37.5. The van der Waals surface area contributed by atoms with Crippen LogP contribution in [0.4, 0.5) is 13.2 Å². The van der Waals surface area contributed by atoms with E-state index in [0.29, 0.717) is 15.2 Å². The maximum atomic E-state index is 12.5. The Morgan fingerprint density at radius 2 is 1.61 bits per heavy atom. The molecule has 1 aromatic carbocycles. The monoisotopic (exact) mass is 288 g/mol. The highest BCUT2D eigenvalue weighted by molar-refractivity contribution is 7.35. The second-order valence-corrected chi connectivity index (χ2v) is 5.67. The summed E-state index contributed by atoms with van der Waals surface area (Å²) in [4.78, 5) is 20.2. The van der Waals surface area contributed by atoms with Crippen molar-refractivity contribution in [1.29, 1.82) is 0 Å². The Balaban J connectivity index is 2.33. The van der Waals surface area contributed by atoms with Crippen molar-refractivity contribution in [2.75, 3.05) is 0 Å². The average Bonchev–Trinajstić information content (AvgIpc) is 2.62. The van der Waals surface area contributed by atoms with Crippen LogP contribution in [0, 0.1) is 0 Å². The van der Waals surface area contributed by atoms with Gasteiger partial charge in [0.25, 0.3) is 4.06 Å². The third-order valence-corrected chi connectivity index (χ3v) is 4.21. The predicted molar refractivity (Wildman–Crippen MR) is 64.1 cm³/mol. The zero-order valence-corrected chi connectivity index (χ0v) is 10.1. The molecule has 0 aliphatic rings. The van der Waals surface area contributed by atoms with Gasteiger partial charge in [-0.25, -0.2) is 9.97 Å². The number of aromatic nitrogens is 2. The van der Waals surface area contributed by atoms with Crippen LogP contribution in [-0.4, -0.2) is 9.97 Å². The largest absolute Gasteiger partial charge is 0.416 e. The fourth-order valence-corrected chi connectivity index (χ4v) is 3.27. The fraction of sp³-hybridized carbons (Fsp3) is 0.100. The Kier molecular flexibility index (Phi) is 2.39. The number of benzene rings is 1. The second-order valence-electron chi connectivity index (χ2n) is 3.49. The molecule has 3 rings (SSSR count). The normalized spacial score (nSPS) is 12.4. The predicted octanol–water partition coefficient (Wildman–Crippen LogP) is 3.29. The Hall–Kier alpha value is -1.54. The van der Waals surface area contributed by atoms with Crippen molar-refractivity contribution in [2.24, 2.45) is 0 Å². The molecular formula is C10H3F3N2OS2. The van der Waals surface area contributed by atoms with Crippen molar-refractivity contribution in [2.45, 2.75) is 6.18 Å². The van der Waals surface area contributed by atoms with Crippen LogP contribution in [0.2, 0.25) is 0 Å². The number of halogens is 3. The van der Waals surface area contributed by atoms with Crippen molar-refractivity contribution in [3.63, 3.8) is 0 Å². The molecule has 92 valence electrons. The van der Waals surface area contributed by atoms with Gasteiger partial charge >= 0.3 is 6.18 Å².